The van der Waals surface area contributed by atoms with Crippen molar-refractivity contribution in [1.29, 1.82) is 0 Å². The van der Waals surface area contributed by atoms with Crippen molar-refractivity contribution in [1.82, 2.24) is 19.9 Å². The second-order valence-corrected chi connectivity index (χ2v) is 8.25. The maximum Gasteiger partial charge on any atom is 0.219 e. The van der Waals surface area contributed by atoms with E-state index in [1.807, 2.05) is 39.0 Å². The summed E-state index contributed by atoms with van der Waals surface area (Å²) in [5.41, 5.74) is 11.1. The molecule has 5 rings (SSSR count). The average molecular weight is 455 g/mol. The summed E-state index contributed by atoms with van der Waals surface area (Å²) < 4.78 is 20.1. The molecule has 0 spiro atoms. The van der Waals surface area contributed by atoms with Gasteiger partial charge in [-0.25, -0.2) is 24.3 Å². The molecule has 7 nitrogen and oxygen atoms in total. The van der Waals surface area contributed by atoms with Gasteiger partial charge in [0.1, 0.15) is 23.0 Å². The molecule has 0 aliphatic heterocycles. The molecule has 0 amide bonds. The molecule has 0 bridgehead atoms. The minimum Gasteiger partial charge on any atom is -0.464 e. The monoisotopic (exact) mass is 454 g/mol. The van der Waals surface area contributed by atoms with Crippen LogP contribution in [-0.4, -0.2) is 19.9 Å². The van der Waals surface area contributed by atoms with Crippen LogP contribution < -0.4 is 11.1 Å². The highest BCUT2D eigenvalue weighted by atomic mass is 19.1. The van der Waals surface area contributed by atoms with E-state index in [0.717, 1.165) is 33.4 Å². The van der Waals surface area contributed by atoms with E-state index in [9.17, 15) is 4.39 Å². The lowest BCUT2D eigenvalue weighted by Crippen LogP contribution is -2.10. The molecule has 2 aromatic carbocycles. The molecule has 34 heavy (non-hydrogen) atoms. The number of anilines is 2. The van der Waals surface area contributed by atoms with Gasteiger partial charge in [0, 0.05) is 46.6 Å². The molecule has 3 N–H and O–H groups in total. The molecule has 0 aliphatic rings. The van der Waals surface area contributed by atoms with Gasteiger partial charge >= 0.3 is 0 Å². The maximum absolute atomic E-state index is 14.5. The number of rotatable bonds is 5. The average Bonchev–Trinajstić information content (AvgIpc) is 3.19. The molecule has 1 atom stereocenters. The van der Waals surface area contributed by atoms with Crippen LogP contribution in [0.25, 0.3) is 33.4 Å². The van der Waals surface area contributed by atoms with E-state index >= 15 is 0 Å². The molecule has 3 aromatic heterocycles. The van der Waals surface area contributed by atoms with Crippen molar-refractivity contribution in [3.8, 4) is 22.4 Å². The summed E-state index contributed by atoms with van der Waals surface area (Å²) in [7, 11) is 0. The second-order valence-electron chi connectivity index (χ2n) is 8.25. The predicted molar refractivity (Wildman–Crippen MR) is 131 cm³/mol. The lowest BCUT2D eigenvalue weighted by molar-refractivity contribution is 0.613. The zero-order chi connectivity index (χ0) is 23.8. The Kier molecular flexibility index (Phi) is 5.41. The highest BCUT2D eigenvalue weighted by Gasteiger charge is 2.14. The fourth-order valence-electron chi connectivity index (χ4n) is 3.92. The first-order valence-electron chi connectivity index (χ1n) is 10.8. The minimum absolute atomic E-state index is 0.144. The largest absolute Gasteiger partial charge is 0.464 e. The number of nitrogen functional groups attached to an aromatic ring is 1. The Bertz CT molecular complexity index is 1500. The van der Waals surface area contributed by atoms with Crippen LogP contribution in [0.15, 0.2) is 65.5 Å². The smallest absolute Gasteiger partial charge is 0.219 e. The minimum atomic E-state index is -0.352. The number of nitrogens with one attached hydrogen (secondary N) is 1. The number of aromatic nitrogens is 4. The Hall–Kier alpha value is -4.33. The van der Waals surface area contributed by atoms with E-state index in [0.29, 0.717) is 22.8 Å². The number of nitrogens with two attached hydrogens (primary N) is 1. The van der Waals surface area contributed by atoms with E-state index < -0.39 is 0 Å². The van der Waals surface area contributed by atoms with Crippen LogP contribution in [0.4, 0.5) is 16.2 Å². The first-order chi connectivity index (χ1) is 16.4. The molecule has 8 heteroatoms. The highest BCUT2D eigenvalue weighted by molar-refractivity contribution is 5.85. The zero-order valence-corrected chi connectivity index (χ0v) is 19.0. The zero-order valence-electron chi connectivity index (χ0n) is 19.0. The molecular formula is C26H23FN6O. The van der Waals surface area contributed by atoms with Crippen molar-refractivity contribution in [2.24, 2.45) is 0 Å². The van der Waals surface area contributed by atoms with Crippen LogP contribution in [-0.2, 0) is 0 Å². The number of hydrogen-bond donors (Lipinski definition) is 2. The van der Waals surface area contributed by atoms with Gasteiger partial charge < -0.3 is 15.5 Å². The number of nitrogens with zero attached hydrogens (tertiary/aromatic N) is 4. The van der Waals surface area contributed by atoms with Gasteiger partial charge in [0.05, 0.1) is 12.0 Å². The van der Waals surface area contributed by atoms with E-state index in [2.05, 4.69) is 31.3 Å². The lowest BCUT2D eigenvalue weighted by atomic mass is 10.0. The van der Waals surface area contributed by atoms with Gasteiger partial charge in [0.15, 0.2) is 0 Å². The first kappa shape index (κ1) is 21.5. The molecule has 1 unspecified atom stereocenters. The number of aryl methyl sites for hydroxylation is 2. The third-order valence-corrected chi connectivity index (χ3v) is 5.74. The van der Waals surface area contributed by atoms with Crippen LogP contribution >= 0.6 is 0 Å². The standard InChI is InChI=1S/C26H23FN6O/c1-14-13-34-24-7-5-18(9-20(14)24)23-10-25(33-16(3)32-23)31-15(2)17-4-6-22(27)21(8-17)19-11-29-26(28)30-12-19/h4-13,15H,1-3H3,(H2,28,29,30)(H,31,32,33). The van der Waals surface area contributed by atoms with Crippen LogP contribution in [0.5, 0.6) is 0 Å². The third kappa shape index (κ3) is 4.17. The molecule has 0 saturated heterocycles. The van der Waals surface area contributed by atoms with Gasteiger partial charge in [0.25, 0.3) is 0 Å². The van der Waals surface area contributed by atoms with Gasteiger partial charge in [-0.05, 0) is 62.2 Å². The Morgan fingerprint density at radius 2 is 1.76 bits per heavy atom. The number of benzene rings is 2. The summed E-state index contributed by atoms with van der Waals surface area (Å²) in [6.07, 6.45) is 4.78. The molecule has 0 radical (unpaired) electrons. The number of halogens is 1. The van der Waals surface area contributed by atoms with Crippen LogP contribution in [0, 0.1) is 19.7 Å². The molecule has 0 fully saturated rings. The fourth-order valence-corrected chi connectivity index (χ4v) is 3.92. The summed E-state index contributed by atoms with van der Waals surface area (Å²) in [6, 6.07) is 12.8. The molecular weight excluding hydrogens is 431 g/mol. The van der Waals surface area contributed by atoms with Gasteiger partial charge in [-0.3, -0.25) is 0 Å². The summed E-state index contributed by atoms with van der Waals surface area (Å²) in [5, 5.41) is 4.47. The van der Waals surface area contributed by atoms with E-state index in [4.69, 9.17) is 10.2 Å². The quantitative estimate of drug-likeness (QED) is 0.343. The predicted octanol–water partition coefficient (Wildman–Crippen LogP) is 5.86. The molecule has 0 aliphatic carbocycles. The van der Waals surface area contributed by atoms with Gasteiger partial charge in [-0.2, -0.15) is 0 Å². The van der Waals surface area contributed by atoms with Crippen molar-refractivity contribution >= 4 is 22.7 Å². The van der Waals surface area contributed by atoms with Crippen molar-refractivity contribution in [2.45, 2.75) is 26.8 Å². The van der Waals surface area contributed by atoms with Gasteiger partial charge in [-0.1, -0.05) is 6.07 Å². The summed E-state index contributed by atoms with van der Waals surface area (Å²) >= 11 is 0. The van der Waals surface area contributed by atoms with Crippen LogP contribution in [0.3, 0.4) is 0 Å². The third-order valence-electron chi connectivity index (χ3n) is 5.74. The second kappa shape index (κ2) is 8.55. The van der Waals surface area contributed by atoms with Crippen molar-refractivity contribution < 1.29 is 8.81 Å². The Balaban J connectivity index is 1.44. The first-order valence-corrected chi connectivity index (χ1v) is 10.8. The normalized spacial score (nSPS) is 12.1. The van der Waals surface area contributed by atoms with Gasteiger partial charge in [0.2, 0.25) is 5.95 Å². The summed E-state index contributed by atoms with van der Waals surface area (Å²) in [5.74, 6) is 1.12. The number of furan rings is 1. The maximum atomic E-state index is 14.5. The van der Waals surface area contributed by atoms with Crippen molar-refractivity contribution in [3.63, 3.8) is 0 Å². The molecule has 5 aromatic rings. The fraction of sp³-hybridized carbons (Fsp3) is 0.154. The van der Waals surface area contributed by atoms with Crippen LogP contribution in [0.1, 0.15) is 29.9 Å². The summed E-state index contributed by atoms with van der Waals surface area (Å²) in [6.45, 7) is 5.87. The Morgan fingerprint density at radius 1 is 0.971 bits per heavy atom. The SMILES string of the molecule is Cc1nc(NC(C)c2ccc(F)c(-c3cnc(N)nc3)c2)cc(-c2ccc3occ(C)c3c2)n1. The topological polar surface area (TPSA) is 103 Å². The Morgan fingerprint density at radius 3 is 2.56 bits per heavy atom. The number of fused-ring (bicyclic) bond motifs is 1. The van der Waals surface area contributed by atoms with Crippen molar-refractivity contribution in [2.75, 3.05) is 11.1 Å². The molecule has 0 saturated carbocycles. The molecule has 170 valence electrons. The van der Waals surface area contributed by atoms with Crippen molar-refractivity contribution in [3.05, 3.63) is 83.9 Å². The highest BCUT2D eigenvalue weighted by Crippen LogP contribution is 2.30. The van der Waals surface area contributed by atoms with E-state index in [-0.39, 0.29) is 17.8 Å². The van der Waals surface area contributed by atoms with Gasteiger partial charge in [-0.15, -0.1) is 0 Å². The van der Waals surface area contributed by atoms with Crippen LogP contribution in [0.2, 0.25) is 0 Å². The number of hydrogen-bond acceptors (Lipinski definition) is 7. The van der Waals surface area contributed by atoms with E-state index in [1.165, 1.54) is 18.5 Å². The lowest BCUT2D eigenvalue weighted by Gasteiger charge is -2.17. The molecule has 3 heterocycles. The Labute approximate surface area is 195 Å². The van der Waals surface area contributed by atoms with E-state index in [1.54, 1.807) is 18.4 Å². The summed E-state index contributed by atoms with van der Waals surface area (Å²) in [4.78, 5) is 17.1.